The standard InChI is InChI=1S/C26H24ClNO2/c1-15-10-11-17(27)13-21(15)26(3,4)16(2)12-19-24(29)23(25(19)30)20-14-28(5)22-9-7-6-8-18(20)22/h6-14,29H,2H2,1,3-5H3/b19-12-. The molecule has 0 radical (unpaired) electrons. The number of benzene rings is 2. The summed E-state index contributed by atoms with van der Waals surface area (Å²) in [5.41, 5.74) is 4.86. The van der Waals surface area contributed by atoms with Crippen molar-refractivity contribution in [3.8, 4) is 0 Å². The van der Waals surface area contributed by atoms with Crippen LogP contribution in [0.4, 0.5) is 0 Å². The van der Waals surface area contributed by atoms with Crippen molar-refractivity contribution in [3.05, 3.63) is 99.9 Å². The van der Waals surface area contributed by atoms with Crippen LogP contribution < -0.4 is 0 Å². The number of carbonyl (C=O) groups excluding carboxylic acids is 1. The lowest BCUT2D eigenvalue weighted by molar-refractivity contribution is -0.111. The summed E-state index contributed by atoms with van der Waals surface area (Å²) in [5, 5.41) is 12.4. The first-order chi connectivity index (χ1) is 14.1. The fourth-order valence-corrected chi connectivity index (χ4v) is 4.31. The average Bonchev–Trinajstić information content (AvgIpc) is 3.04. The predicted octanol–water partition coefficient (Wildman–Crippen LogP) is 6.45. The Morgan fingerprint density at radius 3 is 2.60 bits per heavy atom. The fourth-order valence-electron chi connectivity index (χ4n) is 4.14. The summed E-state index contributed by atoms with van der Waals surface area (Å²) in [4.78, 5) is 13.0. The molecule has 0 atom stereocenters. The first-order valence-corrected chi connectivity index (χ1v) is 10.2. The maximum atomic E-state index is 13.0. The zero-order valence-electron chi connectivity index (χ0n) is 17.6. The molecule has 0 spiro atoms. The predicted molar refractivity (Wildman–Crippen MR) is 124 cm³/mol. The molecule has 0 bridgehead atoms. The third-order valence-electron chi connectivity index (χ3n) is 6.12. The van der Waals surface area contributed by atoms with Crippen molar-refractivity contribution in [2.75, 3.05) is 0 Å². The van der Waals surface area contributed by atoms with Gasteiger partial charge in [-0.25, -0.2) is 0 Å². The molecule has 0 unspecified atom stereocenters. The summed E-state index contributed by atoms with van der Waals surface area (Å²) in [6, 6.07) is 13.6. The first-order valence-electron chi connectivity index (χ1n) is 9.83. The summed E-state index contributed by atoms with van der Waals surface area (Å²) in [6.07, 6.45) is 3.59. The first kappa shape index (κ1) is 20.2. The Balaban J connectivity index is 1.73. The van der Waals surface area contributed by atoms with Gasteiger partial charge in [0.2, 0.25) is 5.78 Å². The third kappa shape index (κ3) is 3.01. The molecule has 0 saturated heterocycles. The second-order valence-corrected chi connectivity index (χ2v) is 8.83. The molecule has 1 aliphatic rings. The van der Waals surface area contributed by atoms with Crippen molar-refractivity contribution in [1.82, 2.24) is 4.57 Å². The van der Waals surface area contributed by atoms with E-state index in [2.05, 4.69) is 6.58 Å². The molecule has 4 rings (SSSR count). The van der Waals surface area contributed by atoms with Gasteiger partial charge < -0.3 is 9.67 Å². The summed E-state index contributed by atoms with van der Waals surface area (Å²) in [6.45, 7) is 10.3. The van der Waals surface area contributed by atoms with Gasteiger partial charge in [0.05, 0.1) is 11.1 Å². The van der Waals surface area contributed by atoms with Crippen LogP contribution in [0.5, 0.6) is 0 Å². The summed E-state index contributed by atoms with van der Waals surface area (Å²) < 4.78 is 1.96. The van der Waals surface area contributed by atoms with Gasteiger partial charge in [-0.1, -0.05) is 56.3 Å². The van der Waals surface area contributed by atoms with E-state index in [1.165, 1.54) is 0 Å². The minimum absolute atomic E-state index is 0.0242. The zero-order chi connectivity index (χ0) is 21.8. The molecule has 1 aromatic heterocycles. The topological polar surface area (TPSA) is 42.2 Å². The Morgan fingerprint density at radius 2 is 1.90 bits per heavy atom. The highest BCUT2D eigenvalue weighted by atomic mass is 35.5. The van der Waals surface area contributed by atoms with Crippen molar-refractivity contribution >= 4 is 33.9 Å². The van der Waals surface area contributed by atoms with Crippen LogP contribution in [0.25, 0.3) is 16.5 Å². The molecule has 0 aliphatic heterocycles. The minimum Gasteiger partial charge on any atom is -0.506 e. The van der Waals surface area contributed by atoms with Gasteiger partial charge in [0, 0.05) is 40.1 Å². The van der Waals surface area contributed by atoms with Crippen molar-refractivity contribution in [2.24, 2.45) is 7.05 Å². The Kier molecular flexibility index (Phi) is 4.74. The van der Waals surface area contributed by atoms with Crippen molar-refractivity contribution in [2.45, 2.75) is 26.2 Å². The molecule has 30 heavy (non-hydrogen) atoms. The monoisotopic (exact) mass is 417 g/mol. The van der Waals surface area contributed by atoms with E-state index < -0.39 is 5.41 Å². The van der Waals surface area contributed by atoms with E-state index in [-0.39, 0.29) is 11.5 Å². The van der Waals surface area contributed by atoms with Gasteiger partial charge in [-0.3, -0.25) is 4.79 Å². The van der Waals surface area contributed by atoms with Crippen LogP contribution >= 0.6 is 11.6 Å². The number of carbonyl (C=O) groups is 1. The summed E-state index contributed by atoms with van der Waals surface area (Å²) >= 11 is 6.21. The number of halogens is 1. The lowest BCUT2D eigenvalue weighted by Crippen LogP contribution is -2.24. The Bertz CT molecular complexity index is 1290. The average molecular weight is 418 g/mol. The molecule has 2 aromatic carbocycles. The maximum Gasteiger partial charge on any atom is 0.201 e. The molecule has 3 nitrogen and oxygen atoms in total. The van der Waals surface area contributed by atoms with Crippen molar-refractivity contribution in [3.63, 3.8) is 0 Å². The molecule has 0 saturated carbocycles. The van der Waals surface area contributed by atoms with Crippen LogP contribution in [-0.2, 0) is 17.3 Å². The van der Waals surface area contributed by atoms with Crippen LogP contribution in [-0.4, -0.2) is 15.5 Å². The SMILES string of the molecule is C=C(/C=C1\C(=O)C(c2cn(C)c3ccccc23)=C1O)C(C)(C)c1cc(Cl)ccc1C. The number of ketones is 1. The van der Waals surface area contributed by atoms with Crippen LogP contribution in [0.15, 0.2) is 78.2 Å². The number of fused-ring (bicyclic) bond motifs is 1. The van der Waals surface area contributed by atoms with Gasteiger partial charge >= 0.3 is 0 Å². The molecule has 1 aliphatic carbocycles. The van der Waals surface area contributed by atoms with Gasteiger partial charge in [0.15, 0.2) is 0 Å². The second kappa shape index (κ2) is 7.03. The second-order valence-electron chi connectivity index (χ2n) is 8.39. The highest BCUT2D eigenvalue weighted by Gasteiger charge is 2.37. The number of aliphatic hydroxyl groups is 1. The Labute approximate surface area is 181 Å². The number of aromatic nitrogens is 1. The van der Waals surface area contributed by atoms with E-state index in [9.17, 15) is 9.90 Å². The number of hydrogen-bond acceptors (Lipinski definition) is 2. The number of nitrogens with zero attached hydrogens (tertiary/aromatic N) is 1. The van der Waals surface area contributed by atoms with Crippen LogP contribution in [0.1, 0.15) is 30.5 Å². The molecule has 1 N–H and O–H groups in total. The van der Waals surface area contributed by atoms with E-state index in [0.717, 1.165) is 33.2 Å². The van der Waals surface area contributed by atoms with E-state index in [4.69, 9.17) is 11.6 Å². The molecule has 152 valence electrons. The largest absolute Gasteiger partial charge is 0.506 e. The maximum absolute atomic E-state index is 13.0. The number of aryl methyl sites for hydroxylation is 2. The van der Waals surface area contributed by atoms with Gasteiger partial charge in [-0.15, -0.1) is 0 Å². The van der Waals surface area contributed by atoms with Gasteiger partial charge in [0.1, 0.15) is 5.76 Å². The van der Waals surface area contributed by atoms with Crippen LogP contribution in [0.3, 0.4) is 0 Å². The van der Waals surface area contributed by atoms with E-state index >= 15 is 0 Å². The van der Waals surface area contributed by atoms with Gasteiger partial charge in [0.25, 0.3) is 0 Å². The number of aliphatic hydroxyl groups excluding tert-OH is 1. The number of para-hydroxylation sites is 1. The highest BCUT2D eigenvalue weighted by Crippen LogP contribution is 2.42. The van der Waals surface area contributed by atoms with Crippen LogP contribution in [0, 0.1) is 6.92 Å². The number of allylic oxidation sites excluding steroid dienone is 4. The minimum atomic E-state index is -0.447. The molecule has 4 heteroatoms. The van der Waals surface area contributed by atoms with E-state index in [1.54, 1.807) is 6.08 Å². The van der Waals surface area contributed by atoms with Crippen LogP contribution in [0.2, 0.25) is 5.02 Å². The van der Waals surface area contributed by atoms with Gasteiger partial charge in [-0.05, 0) is 47.9 Å². The van der Waals surface area contributed by atoms with Crippen molar-refractivity contribution in [1.29, 1.82) is 0 Å². The smallest absolute Gasteiger partial charge is 0.201 e. The molecular formula is C26H24ClNO2. The third-order valence-corrected chi connectivity index (χ3v) is 6.36. The lowest BCUT2D eigenvalue weighted by Gasteiger charge is -2.30. The van der Waals surface area contributed by atoms with Crippen molar-refractivity contribution < 1.29 is 9.90 Å². The molecule has 0 fully saturated rings. The molecule has 0 amide bonds. The summed E-state index contributed by atoms with van der Waals surface area (Å²) in [5.74, 6) is -0.139. The lowest BCUT2D eigenvalue weighted by atomic mass is 9.74. The fraction of sp³-hybridized carbons (Fsp3) is 0.192. The number of Topliss-reactive ketones (excluding diaryl/α,β-unsaturated/α-hetero) is 1. The zero-order valence-corrected chi connectivity index (χ0v) is 18.3. The molecule has 3 aromatic rings. The Morgan fingerprint density at radius 1 is 1.20 bits per heavy atom. The summed E-state index contributed by atoms with van der Waals surface area (Å²) in [7, 11) is 1.93. The van der Waals surface area contributed by atoms with E-state index in [0.29, 0.717) is 16.2 Å². The van der Waals surface area contributed by atoms with E-state index in [1.807, 2.05) is 81.0 Å². The highest BCUT2D eigenvalue weighted by molar-refractivity contribution is 6.40. The number of hydrogen-bond donors (Lipinski definition) is 1. The number of rotatable bonds is 4. The molecule has 1 heterocycles. The Hall–Kier alpha value is -3.04. The van der Waals surface area contributed by atoms with Gasteiger partial charge in [-0.2, -0.15) is 0 Å². The molecular weight excluding hydrogens is 394 g/mol. The normalized spacial score (nSPS) is 15.8. The quantitative estimate of drug-likeness (QED) is 0.495.